The number of aromatic nitrogens is 1. The van der Waals surface area contributed by atoms with Crippen molar-refractivity contribution >= 4 is 26.8 Å². The summed E-state index contributed by atoms with van der Waals surface area (Å²) in [5, 5.41) is 0. The van der Waals surface area contributed by atoms with Crippen LogP contribution in [0.15, 0.2) is 29.0 Å². The molecule has 1 N–H and O–H groups in total. The molecule has 0 bridgehead atoms. The number of hydrogen-bond acceptors (Lipinski definition) is 4. The molecule has 2 aromatic rings. The first kappa shape index (κ1) is 11.7. The molecule has 0 aliphatic heterocycles. The minimum Gasteiger partial charge on any atom is -0.443 e. The maximum Gasteiger partial charge on any atom is 0.516 e. The molecule has 1 aromatic heterocycles. The van der Waals surface area contributed by atoms with E-state index < -0.39 is 15.5 Å². The van der Waals surface area contributed by atoms with Crippen molar-refractivity contribution in [3.8, 4) is 0 Å². The lowest BCUT2D eigenvalue weighted by Crippen LogP contribution is -2.29. The van der Waals surface area contributed by atoms with Crippen molar-refractivity contribution in [2.75, 3.05) is 4.72 Å². The van der Waals surface area contributed by atoms with Gasteiger partial charge in [-0.05, 0) is 18.2 Å². The predicted molar refractivity (Wildman–Crippen MR) is 52.6 cm³/mol. The quantitative estimate of drug-likeness (QED) is 0.903. The molecule has 92 valence electrons. The topological polar surface area (TPSA) is 72.2 Å². The summed E-state index contributed by atoms with van der Waals surface area (Å²) in [6.07, 6.45) is 1.10. The van der Waals surface area contributed by atoms with E-state index in [0.717, 1.165) is 18.5 Å². The molecule has 1 heterocycles. The van der Waals surface area contributed by atoms with Gasteiger partial charge in [0, 0.05) is 0 Å². The average molecular weight is 266 g/mol. The summed E-state index contributed by atoms with van der Waals surface area (Å²) in [6, 6.07) is 3.61. The minimum atomic E-state index is -5.41. The second-order valence-electron chi connectivity index (χ2n) is 3.09. The zero-order chi connectivity index (χ0) is 12.7. The van der Waals surface area contributed by atoms with Crippen LogP contribution in [0.3, 0.4) is 0 Å². The third kappa shape index (κ3) is 2.18. The van der Waals surface area contributed by atoms with E-state index in [1.54, 1.807) is 0 Å². The van der Waals surface area contributed by atoms with Crippen LogP contribution in [0, 0.1) is 0 Å². The summed E-state index contributed by atoms with van der Waals surface area (Å²) in [6.45, 7) is 0. The van der Waals surface area contributed by atoms with Gasteiger partial charge >= 0.3 is 15.5 Å². The van der Waals surface area contributed by atoms with Crippen molar-refractivity contribution in [3.05, 3.63) is 24.6 Å². The molecule has 0 unspecified atom stereocenters. The maximum atomic E-state index is 12.1. The second-order valence-corrected chi connectivity index (χ2v) is 4.76. The van der Waals surface area contributed by atoms with Crippen LogP contribution in [-0.4, -0.2) is 18.9 Å². The van der Waals surface area contributed by atoms with Gasteiger partial charge in [0.05, 0.1) is 5.69 Å². The van der Waals surface area contributed by atoms with Gasteiger partial charge in [0.25, 0.3) is 0 Å². The predicted octanol–water partition coefficient (Wildman–Crippen LogP) is 2.09. The highest BCUT2D eigenvalue weighted by Gasteiger charge is 2.46. The Labute approximate surface area is 93.3 Å². The molecule has 0 amide bonds. The first-order chi connectivity index (χ1) is 7.79. The van der Waals surface area contributed by atoms with Gasteiger partial charge in [-0.2, -0.15) is 21.6 Å². The molecule has 0 saturated carbocycles. The zero-order valence-corrected chi connectivity index (χ0v) is 8.84. The molecular formula is C8H5F3N2O3S. The molecular weight excluding hydrogens is 261 g/mol. The molecule has 2 rings (SSSR count). The Morgan fingerprint density at radius 3 is 2.65 bits per heavy atom. The molecule has 0 fully saturated rings. The largest absolute Gasteiger partial charge is 0.516 e. The second kappa shape index (κ2) is 3.62. The monoisotopic (exact) mass is 266 g/mol. The minimum absolute atomic E-state index is 0.233. The van der Waals surface area contributed by atoms with Gasteiger partial charge in [0.15, 0.2) is 12.0 Å². The summed E-state index contributed by atoms with van der Waals surface area (Å²) in [7, 11) is -5.41. The Balaban J connectivity index is 2.36. The van der Waals surface area contributed by atoms with E-state index in [9.17, 15) is 21.6 Å². The van der Waals surface area contributed by atoms with E-state index in [1.807, 2.05) is 0 Å². The highest BCUT2D eigenvalue weighted by molar-refractivity contribution is 7.93. The average Bonchev–Trinajstić information content (AvgIpc) is 2.62. The van der Waals surface area contributed by atoms with Crippen molar-refractivity contribution < 1.29 is 26.0 Å². The molecule has 0 spiro atoms. The summed E-state index contributed by atoms with van der Waals surface area (Å²) >= 11 is 0. The number of anilines is 1. The zero-order valence-electron chi connectivity index (χ0n) is 8.02. The van der Waals surface area contributed by atoms with E-state index in [4.69, 9.17) is 4.42 Å². The first-order valence-electron chi connectivity index (χ1n) is 4.22. The van der Waals surface area contributed by atoms with Crippen molar-refractivity contribution in [1.82, 2.24) is 4.98 Å². The van der Waals surface area contributed by atoms with Crippen molar-refractivity contribution in [2.45, 2.75) is 5.51 Å². The lowest BCUT2D eigenvalue weighted by Gasteiger charge is -2.09. The number of benzene rings is 1. The van der Waals surface area contributed by atoms with E-state index in [1.165, 1.54) is 10.8 Å². The smallest absolute Gasteiger partial charge is 0.443 e. The molecule has 5 nitrogen and oxygen atoms in total. The van der Waals surface area contributed by atoms with Crippen LogP contribution in [0.1, 0.15) is 0 Å². The Morgan fingerprint density at radius 1 is 1.29 bits per heavy atom. The molecule has 0 aliphatic rings. The molecule has 9 heteroatoms. The standard InChI is InChI=1S/C8H5F3N2O3S/c9-8(10,11)17(14,15)13-5-1-2-7-6(3-5)12-4-16-7/h1-4,13H. The fourth-order valence-electron chi connectivity index (χ4n) is 1.13. The Bertz CT molecular complexity index is 647. The molecule has 1 aromatic carbocycles. The van der Waals surface area contributed by atoms with E-state index in [2.05, 4.69) is 4.98 Å². The molecule has 17 heavy (non-hydrogen) atoms. The normalized spacial score (nSPS) is 12.9. The number of rotatable bonds is 2. The van der Waals surface area contributed by atoms with Crippen LogP contribution in [0.4, 0.5) is 18.9 Å². The highest BCUT2D eigenvalue weighted by Crippen LogP contribution is 2.26. The van der Waals surface area contributed by atoms with Gasteiger partial charge in [-0.1, -0.05) is 0 Å². The number of nitrogens with one attached hydrogen (secondary N) is 1. The van der Waals surface area contributed by atoms with Crippen LogP contribution >= 0.6 is 0 Å². The Kier molecular flexibility index (Phi) is 2.49. The van der Waals surface area contributed by atoms with E-state index in [0.29, 0.717) is 5.58 Å². The van der Waals surface area contributed by atoms with Gasteiger partial charge < -0.3 is 4.42 Å². The summed E-state index contributed by atoms with van der Waals surface area (Å²) in [4.78, 5) is 3.69. The molecule has 0 atom stereocenters. The van der Waals surface area contributed by atoms with Gasteiger partial charge in [-0.3, -0.25) is 4.72 Å². The van der Waals surface area contributed by atoms with Crippen molar-refractivity contribution in [3.63, 3.8) is 0 Å². The first-order valence-corrected chi connectivity index (χ1v) is 5.70. The number of alkyl halides is 3. The lowest BCUT2D eigenvalue weighted by atomic mass is 10.3. The van der Waals surface area contributed by atoms with Crippen molar-refractivity contribution in [2.24, 2.45) is 0 Å². The summed E-state index contributed by atoms with van der Waals surface area (Å²) in [5.74, 6) is 0. The van der Waals surface area contributed by atoms with E-state index in [-0.39, 0.29) is 11.2 Å². The van der Waals surface area contributed by atoms with Crippen molar-refractivity contribution in [1.29, 1.82) is 0 Å². The summed E-state index contributed by atoms with van der Waals surface area (Å²) < 4.78 is 64.2. The number of fused-ring (bicyclic) bond motifs is 1. The number of oxazole rings is 1. The third-order valence-corrected chi connectivity index (χ3v) is 3.00. The lowest BCUT2D eigenvalue weighted by molar-refractivity contribution is -0.0429. The fourth-order valence-corrected chi connectivity index (χ4v) is 1.69. The molecule has 0 aliphatic carbocycles. The van der Waals surface area contributed by atoms with Crippen LogP contribution in [0.2, 0.25) is 0 Å². The fraction of sp³-hybridized carbons (Fsp3) is 0.125. The van der Waals surface area contributed by atoms with Crippen LogP contribution in [-0.2, 0) is 10.0 Å². The van der Waals surface area contributed by atoms with Gasteiger partial charge in [-0.15, -0.1) is 0 Å². The van der Waals surface area contributed by atoms with Gasteiger partial charge in [-0.25, -0.2) is 4.98 Å². The van der Waals surface area contributed by atoms with E-state index >= 15 is 0 Å². The van der Waals surface area contributed by atoms with Gasteiger partial charge in [0.2, 0.25) is 0 Å². The number of hydrogen-bond donors (Lipinski definition) is 1. The molecule has 0 radical (unpaired) electrons. The maximum absolute atomic E-state index is 12.1. The third-order valence-electron chi connectivity index (χ3n) is 1.89. The number of halogens is 3. The number of sulfonamides is 1. The van der Waals surface area contributed by atoms with Gasteiger partial charge in [0.1, 0.15) is 5.52 Å². The highest BCUT2D eigenvalue weighted by atomic mass is 32.2. The van der Waals surface area contributed by atoms with Crippen LogP contribution < -0.4 is 4.72 Å². The molecule has 0 saturated heterocycles. The van der Waals surface area contributed by atoms with Crippen LogP contribution in [0.5, 0.6) is 0 Å². The summed E-state index contributed by atoms with van der Waals surface area (Å²) in [5.41, 5.74) is -4.98. The van der Waals surface area contributed by atoms with Crippen LogP contribution in [0.25, 0.3) is 11.1 Å². The SMILES string of the molecule is O=S(=O)(Nc1ccc2ocnc2c1)C(F)(F)F. The Morgan fingerprint density at radius 2 is 2.00 bits per heavy atom. The Hall–Kier alpha value is -1.77. The number of nitrogens with zero attached hydrogens (tertiary/aromatic N) is 1.